The number of rotatable bonds is 1. The van der Waals surface area contributed by atoms with Gasteiger partial charge in [0.05, 0.1) is 0 Å². The summed E-state index contributed by atoms with van der Waals surface area (Å²) in [5.74, 6) is -0.404. The van der Waals surface area contributed by atoms with Crippen LogP contribution in [-0.2, 0) is 4.74 Å². The molecule has 0 saturated heterocycles. The van der Waals surface area contributed by atoms with Crippen molar-refractivity contribution < 1.29 is 23.5 Å². The van der Waals surface area contributed by atoms with Crippen molar-refractivity contribution in [3.8, 4) is 0 Å². The molecule has 0 atom stereocenters. The molecule has 0 bridgehead atoms. The van der Waals surface area contributed by atoms with Crippen molar-refractivity contribution >= 4 is 6.16 Å². The van der Waals surface area contributed by atoms with Gasteiger partial charge in [-0.25, -0.2) is 4.39 Å². The normalized spacial score (nSPS) is 10.9. The second-order valence-corrected chi connectivity index (χ2v) is 3.93. The Hall–Kier alpha value is -1.65. The third kappa shape index (κ3) is 4.39. The number of pyridine rings is 1. The first-order chi connectivity index (χ1) is 6.87. The lowest BCUT2D eigenvalue weighted by molar-refractivity contribution is -0.870. The molecule has 82 valence electrons. The van der Waals surface area contributed by atoms with Gasteiger partial charge in [0.1, 0.15) is 11.4 Å². The lowest BCUT2D eigenvalue weighted by Gasteiger charge is -2.16. The Morgan fingerprint density at radius 1 is 1.33 bits per heavy atom. The first kappa shape index (κ1) is 11.4. The second kappa shape index (κ2) is 4.25. The zero-order chi connectivity index (χ0) is 11.5. The molecular formula is C10H13FNO3+. The van der Waals surface area contributed by atoms with E-state index in [9.17, 15) is 9.18 Å². The van der Waals surface area contributed by atoms with Crippen molar-refractivity contribution in [1.82, 2.24) is 0 Å². The second-order valence-electron chi connectivity index (χ2n) is 3.93. The zero-order valence-electron chi connectivity index (χ0n) is 8.86. The summed E-state index contributed by atoms with van der Waals surface area (Å²) < 4.78 is 18.5. The molecule has 0 amide bonds. The van der Waals surface area contributed by atoms with Crippen LogP contribution in [0, 0.1) is 5.82 Å². The molecule has 0 aliphatic heterocycles. The molecule has 0 fully saturated rings. The molecule has 0 radical (unpaired) electrons. The van der Waals surface area contributed by atoms with E-state index in [2.05, 4.69) is 0 Å². The highest BCUT2D eigenvalue weighted by atomic mass is 19.1. The van der Waals surface area contributed by atoms with Crippen LogP contribution >= 0.6 is 0 Å². The Kier molecular flexibility index (Phi) is 3.24. The number of halogens is 1. The predicted molar refractivity (Wildman–Crippen MR) is 49.4 cm³/mol. The van der Waals surface area contributed by atoms with Gasteiger partial charge in [0.15, 0.2) is 0 Å². The summed E-state index contributed by atoms with van der Waals surface area (Å²) in [4.78, 5) is 15.9. The molecular weight excluding hydrogens is 201 g/mol. The highest BCUT2D eigenvalue weighted by Gasteiger charge is 2.21. The Bertz CT molecular complexity index is 343. The van der Waals surface area contributed by atoms with Crippen LogP contribution in [0.2, 0.25) is 0 Å². The minimum Gasteiger partial charge on any atom is -0.425 e. The van der Waals surface area contributed by atoms with E-state index in [4.69, 9.17) is 9.57 Å². The summed E-state index contributed by atoms with van der Waals surface area (Å²) in [5, 5.41) is 0. The number of hydrogen-bond acceptors (Lipinski definition) is 3. The van der Waals surface area contributed by atoms with Crippen LogP contribution in [0.25, 0.3) is 0 Å². The molecule has 1 heterocycles. The van der Waals surface area contributed by atoms with E-state index in [1.807, 2.05) is 0 Å². The molecule has 5 heteroatoms. The van der Waals surface area contributed by atoms with Gasteiger partial charge in [0, 0.05) is 16.9 Å². The van der Waals surface area contributed by atoms with Crippen LogP contribution in [0.1, 0.15) is 20.8 Å². The lowest BCUT2D eigenvalue weighted by atomic mass is 10.2. The standard InChI is InChI=1S/C10H13FNO3/c1-10(2,3)14-9(13)15-12-6-4-8(11)5-7-12/h4-7H,1-3H3/q+1. The highest BCUT2D eigenvalue weighted by molar-refractivity contribution is 5.59. The molecule has 0 N–H and O–H groups in total. The van der Waals surface area contributed by atoms with E-state index in [0.29, 0.717) is 0 Å². The van der Waals surface area contributed by atoms with Gasteiger partial charge in [0.2, 0.25) is 12.4 Å². The zero-order valence-corrected chi connectivity index (χ0v) is 8.86. The molecule has 0 aliphatic rings. The smallest absolute Gasteiger partial charge is 0.425 e. The molecule has 0 unspecified atom stereocenters. The third-order valence-corrected chi connectivity index (χ3v) is 1.33. The monoisotopic (exact) mass is 214 g/mol. The van der Waals surface area contributed by atoms with Crippen LogP contribution < -0.4 is 9.57 Å². The molecule has 1 aromatic heterocycles. The fourth-order valence-corrected chi connectivity index (χ4v) is 0.810. The summed E-state index contributed by atoms with van der Waals surface area (Å²) in [6.45, 7) is 5.18. The summed E-state index contributed by atoms with van der Waals surface area (Å²) in [5.41, 5.74) is -0.613. The van der Waals surface area contributed by atoms with Gasteiger partial charge in [-0.2, -0.15) is 4.79 Å². The third-order valence-electron chi connectivity index (χ3n) is 1.33. The van der Waals surface area contributed by atoms with E-state index in [1.165, 1.54) is 24.5 Å². The van der Waals surface area contributed by atoms with E-state index in [0.717, 1.165) is 4.73 Å². The first-order valence-corrected chi connectivity index (χ1v) is 4.45. The van der Waals surface area contributed by atoms with Gasteiger partial charge in [-0.05, 0) is 20.8 Å². The van der Waals surface area contributed by atoms with E-state index in [-0.39, 0.29) is 0 Å². The largest absolute Gasteiger partial charge is 0.572 e. The van der Waals surface area contributed by atoms with E-state index in [1.54, 1.807) is 20.8 Å². The van der Waals surface area contributed by atoms with Crippen LogP contribution in [0.5, 0.6) is 0 Å². The van der Waals surface area contributed by atoms with Gasteiger partial charge >= 0.3 is 6.16 Å². The van der Waals surface area contributed by atoms with Crippen molar-refractivity contribution in [2.75, 3.05) is 0 Å². The summed E-state index contributed by atoms with van der Waals surface area (Å²) in [6.07, 6.45) is 1.72. The molecule has 4 nitrogen and oxygen atoms in total. The van der Waals surface area contributed by atoms with Crippen LogP contribution in [0.15, 0.2) is 24.5 Å². The minimum atomic E-state index is -0.834. The average molecular weight is 214 g/mol. The SMILES string of the molecule is CC(C)(C)OC(=O)O[n+]1ccc(F)cc1. The van der Waals surface area contributed by atoms with Crippen LogP contribution in [0.3, 0.4) is 0 Å². The Morgan fingerprint density at radius 2 is 1.87 bits per heavy atom. The van der Waals surface area contributed by atoms with Crippen molar-refractivity contribution in [3.05, 3.63) is 30.3 Å². The first-order valence-electron chi connectivity index (χ1n) is 4.45. The molecule has 1 aromatic rings. The van der Waals surface area contributed by atoms with Gasteiger partial charge in [-0.3, -0.25) is 0 Å². The van der Waals surface area contributed by atoms with Crippen molar-refractivity contribution in [1.29, 1.82) is 0 Å². The molecule has 0 spiro atoms. The molecule has 1 rings (SSSR count). The number of hydrogen-bond donors (Lipinski definition) is 0. The van der Waals surface area contributed by atoms with Gasteiger partial charge in [-0.15, -0.1) is 4.84 Å². The Labute approximate surface area is 87.2 Å². The van der Waals surface area contributed by atoms with Gasteiger partial charge < -0.3 is 4.74 Å². The van der Waals surface area contributed by atoms with Gasteiger partial charge in [-0.1, -0.05) is 0 Å². The Balaban J connectivity index is 2.55. The summed E-state index contributed by atoms with van der Waals surface area (Å²) in [6, 6.07) is 2.34. The quantitative estimate of drug-likeness (QED) is 0.525. The van der Waals surface area contributed by atoms with Crippen LogP contribution in [0.4, 0.5) is 9.18 Å². The maximum Gasteiger partial charge on any atom is 0.572 e. The lowest BCUT2D eigenvalue weighted by Crippen LogP contribution is -2.47. The fraction of sp³-hybridized carbons (Fsp3) is 0.400. The maximum atomic E-state index is 12.5. The average Bonchev–Trinajstić information content (AvgIpc) is 2.05. The topological polar surface area (TPSA) is 39.4 Å². The number of carbonyl (C=O) groups excluding carboxylic acids is 1. The molecule has 0 aliphatic carbocycles. The predicted octanol–water partition coefficient (Wildman–Crippen LogP) is 1.48. The Morgan fingerprint density at radius 3 is 2.33 bits per heavy atom. The van der Waals surface area contributed by atoms with Crippen molar-refractivity contribution in [2.45, 2.75) is 26.4 Å². The fourth-order valence-electron chi connectivity index (χ4n) is 0.810. The van der Waals surface area contributed by atoms with E-state index >= 15 is 0 Å². The molecule has 0 aromatic carbocycles. The summed E-state index contributed by atoms with van der Waals surface area (Å²) >= 11 is 0. The minimum absolute atomic E-state index is 0.404. The molecule has 15 heavy (non-hydrogen) atoms. The van der Waals surface area contributed by atoms with Crippen LogP contribution in [-0.4, -0.2) is 11.8 Å². The maximum absolute atomic E-state index is 12.5. The van der Waals surface area contributed by atoms with E-state index < -0.39 is 17.6 Å². The van der Waals surface area contributed by atoms with Crippen molar-refractivity contribution in [3.63, 3.8) is 0 Å². The summed E-state index contributed by atoms with van der Waals surface area (Å²) in [7, 11) is 0. The van der Waals surface area contributed by atoms with Gasteiger partial charge in [0.25, 0.3) is 0 Å². The highest BCUT2D eigenvalue weighted by Crippen LogP contribution is 2.06. The number of aromatic nitrogens is 1. The van der Waals surface area contributed by atoms with Crippen molar-refractivity contribution in [2.24, 2.45) is 0 Å². The number of ether oxygens (including phenoxy) is 1. The number of nitrogens with zero attached hydrogens (tertiary/aromatic N) is 1. The molecule has 0 saturated carbocycles. The number of carbonyl (C=O) groups is 1.